The zero-order chi connectivity index (χ0) is 45.7. The van der Waals surface area contributed by atoms with Gasteiger partial charge in [-0.25, -0.2) is 0 Å². The normalized spacial score (nSPS) is 17.9. The molecule has 65 heavy (non-hydrogen) atoms. The van der Waals surface area contributed by atoms with Gasteiger partial charge in [0.05, 0.1) is 0 Å². The molecule has 3 unspecified atom stereocenters. The van der Waals surface area contributed by atoms with Gasteiger partial charge < -0.3 is 9.80 Å². The minimum Gasteiger partial charge on any atom is -0.338 e. The first-order valence-corrected chi connectivity index (χ1v) is 25.3. The summed E-state index contributed by atoms with van der Waals surface area (Å²) < 4.78 is 2.71. The summed E-state index contributed by atoms with van der Waals surface area (Å²) in [5.41, 5.74) is 19.2. The Morgan fingerprint density at radius 2 is 1.31 bits per heavy atom. The number of fused-ring (bicyclic) bond motifs is 9. The molecule has 2 nitrogen and oxygen atoms in total. The summed E-state index contributed by atoms with van der Waals surface area (Å²) in [4.78, 5) is 5.28. The molecule has 0 spiro atoms. The lowest BCUT2D eigenvalue weighted by molar-refractivity contribution is 0.473. The van der Waals surface area contributed by atoms with Crippen LogP contribution < -0.4 is 9.80 Å². The van der Waals surface area contributed by atoms with Crippen molar-refractivity contribution in [1.82, 2.24) is 0 Å². The standard InChI is InChI=1S/C62H68N2S/c1-13-47(40(6)63(43-23-19-39(5)20-24-43)44-25-30-50-48-28-21-41(38(3)4)33-54(48)61(9,10)56(50)36-44)42-22-29-49-51-31-26-46(37-57(51)62(11,12)55(49)34-42)64(60(7,8)14-2)45-27-32-59-53(35-45)52-17-15-16-18-58(52)65-59/h15-30,32-38,40,47,51H,13-14,31H2,1-12H3. The third-order valence-electron chi connectivity index (χ3n) is 16.2. The molecule has 0 fully saturated rings. The molecular weight excluding hydrogens is 805 g/mol. The number of benzene rings is 6. The number of anilines is 3. The number of thiophene rings is 1. The maximum absolute atomic E-state index is 2.64. The first kappa shape index (κ1) is 43.5. The molecule has 0 amide bonds. The number of aryl methyl sites for hydroxylation is 1. The third kappa shape index (κ3) is 7.02. The molecule has 0 saturated carbocycles. The largest absolute Gasteiger partial charge is 0.338 e. The van der Waals surface area contributed by atoms with Crippen LogP contribution in [0.4, 0.5) is 17.1 Å². The Morgan fingerprint density at radius 3 is 2.03 bits per heavy atom. The summed E-state index contributed by atoms with van der Waals surface area (Å²) in [6, 6.07) is 47.6. The van der Waals surface area contributed by atoms with Gasteiger partial charge in [0, 0.05) is 77.2 Å². The highest BCUT2D eigenvalue weighted by Crippen LogP contribution is 2.56. The Morgan fingerprint density at radius 1 is 0.662 bits per heavy atom. The Bertz CT molecular complexity index is 3040. The van der Waals surface area contributed by atoms with E-state index in [-0.39, 0.29) is 22.4 Å². The van der Waals surface area contributed by atoms with E-state index in [9.17, 15) is 0 Å². The number of rotatable bonds is 11. The predicted octanol–water partition coefficient (Wildman–Crippen LogP) is 17.8. The number of hydrogen-bond acceptors (Lipinski definition) is 3. The summed E-state index contributed by atoms with van der Waals surface area (Å²) in [6.07, 6.45) is 8.22. The van der Waals surface area contributed by atoms with Crippen LogP contribution in [0.3, 0.4) is 0 Å². The average molecular weight is 873 g/mol. The molecule has 0 radical (unpaired) electrons. The second-order valence-electron chi connectivity index (χ2n) is 21.5. The summed E-state index contributed by atoms with van der Waals surface area (Å²) >= 11 is 1.90. The first-order chi connectivity index (χ1) is 31.0. The van der Waals surface area contributed by atoms with Crippen molar-refractivity contribution in [3.8, 4) is 11.1 Å². The second-order valence-corrected chi connectivity index (χ2v) is 22.6. The number of hydrogen-bond donors (Lipinski definition) is 0. The van der Waals surface area contributed by atoms with Crippen molar-refractivity contribution in [2.75, 3.05) is 9.80 Å². The molecule has 1 heterocycles. The van der Waals surface area contributed by atoms with Gasteiger partial charge in [0.2, 0.25) is 0 Å². The molecule has 332 valence electrons. The third-order valence-corrected chi connectivity index (χ3v) is 17.4. The van der Waals surface area contributed by atoms with E-state index in [1.165, 1.54) is 93.0 Å². The van der Waals surface area contributed by atoms with Crippen molar-refractivity contribution in [1.29, 1.82) is 0 Å². The predicted molar refractivity (Wildman–Crippen MR) is 283 cm³/mol. The van der Waals surface area contributed by atoms with Crippen LogP contribution in [-0.2, 0) is 10.8 Å². The van der Waals surface area contributed by atoms with Gasteiger partial charge in [-0.15, -0.1) is 11.3 Å². The van der Waals surface area contributed by atoms with Crippen molar-refractivity contribution in [3.63, 3.8) is 0 Å². The van der Waals surface area contributed by atoms with E-state index in [4.69, 9.17) is 0 Å². The van der Waals surface area contributed by atoms with Crippen LogP contribution in [-0.4, -0.2) is 11.6 Å². The Labute approximate surface area is 393 Å². The van der Waals surface area contributed by atoms with Crippen LogP contribution >= 0.6 is 11.3 Å². The van der Waals surface area contributed by atoms with Crippen molar-refractivity contribution < 1.29 is 0 Å². The van der Waals surface area contributed by atoms with E-state index in [1.54, 1.807) is 5.57 Å². The lowest BCUT2D eigenvalue weighted by atomic mass is 9.77. The monoisotopic (exact) mass is 873 g/mol. The smallest absolute Gasteiger partial charge is 0.0423 e. The van der Waals surface area contributed by atoms with Crippen LogP contribution in [0, 0.1) is 6.92 Å². The number of nitrogens with zero attached hydrogens (tertiary/aromatic N) is 2. The van der Waals surface area contributed by atoms with Gasteiger partial charge in [-0.05, 0) is 152 Å². The van der Waals surface area contributed by atoms with Gasteiger partial charge in [-0.2, -0.15) is 0 Å². The topological polar surface area (TPSA) is 6.48 Å². The molecule has 6 aromatic carbocycles. The molecule has 3 aliphatic rings. The molecule has 10 rings (SSSR count). The van der Waals surface area contributed by atoms with Gasteiger partial charge in [-0.1, -0.05) is 145 Å². The molecule has 3 atom stereocenters. The maximum Gasteiger partial charge on any atom is 0.0423 e. The minimum absolute atomic E-state index is 0.0678. The fraction of sp³-hybridized carbons (Fsp3) is 0.355. The molecule has 3 aliphatic carbocycles. The van der Waals surface area contributed by atoms with Crippen molar-refractivity contribution in [2.24, 2.45) is 0 Å². The maximum atomic E-state index is 2.64. The second kappa shape index (κ2) is 15.9. The highest BCUT2D eigenvalue weighted by Gasteiger charge is 2.44. The van der Waals surface area contributed by atoms with Gasteiger partial charge in [0.1, 0.15) is 0 Å². The highest BCUT2D eigenvalue weighted by atomic mass is 32.1. The first-order valence-electron chi connectivity index (χ1n) is 24.5. The summed E-state index contributed by atoms with van der Waals surface area (Å²) in [5.74, 6) is 1.21. The fourth-order valence-corrected chi connectivity index (χ4v) is 13.1. The van der Waals surface area contributed by atoms with Gasteiger partial charge in [0.25, 0.3) is 0 Å². The average Bonchev–Trinajstić information content (AvgIpc) is 3.86. The molecule has 0 aliphatic heterocycles. The Kier molecular flexibility index (Phi) is 10.6. The fourth-order valence-electron chi connectivity index (χ4n) is 12.0. The lowest BCUT2D eigenvalue weighted by Gasteiger charge is -2.42. The van der Waals surface area contributed by atoms with Crippen LogP contribution in [0.1, 0.15) is 152 Å². The van der Waals surface area contributed by atoms with Gasteiger partial charge >= 0.3 is 0 Å². The quantitative estimate of drug-likeness (QED) is 0.128. The minimum atomic E-state index is -0.0980. The summed E-state index contributed by atoms with van der Waals surface area (Å²) in [6.45, 7) is 28.6. The molecule has 0 N–H and O–H groups in total. The zero-order valence-electron chi connectivity index (χ0n) is 40.9. The van der Waals surface area contributed by atoms with E-state index in [1.807, 2.05) is 11.3 Å². The molecular formula is C62H68N2S. The SMILES string of the molecule is CCC(c1ccc2c(c1)C(C)(C)C1=CC(N(c3ccc4sc5ccccc5c4c3)C(C)(C)CC)=CCC12)C(C)N(c1ccc(C)cc1)c1ccc2c(c1)C(C)(C)c1cc(C(C)C)ccc1-2. The molecule has 0 saturated heterocycles. The Balaban J connectivity index is 1.00. The summed E-state index contributed by atoms with van der Waals surface area (Å²) in [5, 5.41) is 2.71. The van der Waals surface area contributed by atoms with Crippen molar-refractivity contribution in [2.45, 2.75) is 143 Å². The van der Waals surface area contributed by atoms with Gasteiger partial charge in [-0.3, -0.25) is 0 Å². The van der Waals surface area contributed by atoms with Gasteiger partial charge in [0.15, 0.2) is 0 Å². The Hall–Kier alpha value is -5.38. The van der Waals surface area contributed by atoms with E-state index in [2.05, 4.69) is 226 Å². The van der Waals surface area contributed by atoms with Crippen LogP contribution in [0.25, 0.3) is 31.3 Å². The summed E-state index contributed by atoms with van der Waals surface area (Å²) in [7, 11) is 0. The van der Waals surface area contributed by atoms with E-state index >= 15 is 0 Å². The van der Waals surface area contributed by atoms with E-state index in [0.717, 1.165) is 19.3 Å². The van der Waals surface area contributed by atoms with Crippen molar-refractivity contribution >= 4 is 48.6 Å². The molecule has 3 heteroatoms. The van der Waals surface area contributed by atoms with Crippen LogP contribution in [0.2, 0.25) is 0 Å². The molecule has 7 aromatic rings. The molecule has 1 aromatic heterocycles. The van der Waals surface area contributed by atoms with E-state index < -0.39 is 0 Å². The van der Waals surface area contributed by atoms with E-state index in [0.29, 0.717) is 17.8 Å². The number of allylic oxidation sites excluding steroid dienone is 3. The zero-order valence-corrected chi connectivity index (χ0v) is 41.8. The van der Waals surface area contributed by atoms with Crippen molar-refractivity contribution in [3.05, 3.63) is 184 Å². The molecule has 0 bridgehead atoms. The van der Waals surface area contributed by atoms with Crippen LogP contribution in [0.15, 0.2) is 145 Å². The lowest BCUT2D eigenvalue weighted by Crippen LogP contribution is -2.43. The highest BCUT2D eigenvalue weighted by molar-refractivity contribution is 7.25. The van der Waals surface area contributed by atoms with Crippen LogP contribution in [0.5, 0.6) is 0 Å².